The first-order valence-corrected chi connectivity index (χ1v) is 5.52. The lowest BCUT2D eigenvalue weighted by atomic mass is 10.3. The van der Waals surface area contributed by atoms with Crippen molar-refractivity contribution >= 4 is 21.8 Å². The molecule has 15 heavy (non-hydrogen) atoms. The molecule has 4 nitrogen and oxygen atoms in total. The molecule has 2 N–H and O–H groups in total. The number of rotatable bonds is 5. The molecule has 1 aromatic heterocycles. The Morgan fingerprint density at radius 2 is 2.27 bits per heavy atom. The van der Waals surface area contributed by atoms with Crippen LogP contribution in [0.3, 0.4) is 0 Å². The molecule has 0 unspecified atom stereocenters. The number of carbonyl (C=O) groups is 1. The summed E-state index contributed by atoms with van der Waals surface area (Å²) in [4.78, 5) is 14.6. The predicted molar refractivity (Wildman–Crippen MR) is 62.3 cm³/mol. The molecule has 1 heterocycles. The molecule has 5 heteroatoms. The van der Waals surface area contributed by atoms with Crippen molar-refractivity contribution in [3.63, 3.8) is 0 Å². The molecule has 0 fully saturated rings. The Morgan fingerprint density at radius 1 is 1.47 bits per heavy atom. The van der Waals surface area contributed by atoms with Crippen molar-refractivity contribution in [1.82, 2.24) is 15.6 Å². The van der Waals surface area contributed by atoms with E-state index < -0.39 is 0 Å². The van der Waals surface area contributed by atoms with E-state index in [1.165, 1.54) is 6.92 Å². The predicted octanol–water partition coefficient (Wildman–Crippen LogP) is 1.07. The largest absolute Gasteiger partial charge is 0.355 e. The third kappa shape index (κ3) is 5.49. The highest BCUT2D eigenvalue weighted by Gasteiger charge is 1.94. The molecule has 0 saturated carbocycles. The maximum absolute atomic E-state index is 10.6. The molecular formula is C10H14BrN3O. The average Bonchev–Trinajstić information content (AvgIpc) is 2.17. The lowest BCUT2D eigenvalue weighted by Crippen LogP contribution is -2.29. The first kappa shape index (κ1) is 12.1. The van der Waals surface area contributed by atoms with E-state index in [4.69, 9.17) is 0 Å². The van der Waals surface area contributed by atoms with Gasteiger partial charge in [0.25, 0.3) is 0 Å². The van der Waals surface area contributed by atoms with Crippen molar-refractivity contribution in [1.29, 1.82) is 0 Å². The van der Waals surface area contributed by atoms with Gasteiger partial charge in [-0.05, 0) is 27.6 Å². The molecule has 0 aliphatic rings. The number of aromatic nitrogens is 1. The van der Waals surface area contributed by atoms with E-state index in [-0.39, 0.29) is 5.91 Å². The van der Waals surface area contributed by atoms with Crippen molar-refractivity contribution in [2.24, 2.45) is 0 Å². The van der Waals surface area contributed by atoms with E-state index in [0.717, 1.165) is 23.1 Å². The van der Waals surface area contributed by atoms with Gasteiger partial charge < -0.3 is 10.6 Å². The van der Waals surface area contributed by atoms with E-state index in [0.29, 0.717) is 6.54 Å². The monoisotopic (exact) mass is 271 g/mol. The van der Waals surface area contributed by atoms with Crippen LogP contribution in [0.15, 0.2) is 22.9 Å². The molecule has 1 rings (SSSR count). The molecular weight excluding hydrogens is 258 g/mol. The van der Waals surface area contributed by atoms with Crippen molar-refractivity contribution in [3.05, 3.63) is 28.5 Å². The normalized spacial score (nSPS) is 10.0. The number of nitrogens with one attached hydrogen (secondary N) is 2. The van der Waals surface area contributed by atoms with Crippen LogP contribution in [0.2, 0.25) is 0 Å². The van der Waals surface area contributed by atoms with Gasteiger partial charge in [0, 0.05) is 43.4 Å². The minimum atomic E-state index is 0.000854. The van der Waals surface area contributed by atoms with E-state index in [1.807, 2.05) is 12.3 Å². The van der Waals surface area contributed by atoms with Crippen molar-refractivity contribution in [2.45, 2.75) is 13.5 Å². The zero-order valence-electron chi connectivity index (χ0n) is 8.59. The molecule has 0 aromatic carbocycles. The zero-order valence-corrected chi connectivity index (χ0v) is 10.2. The fourth-order valence-corrected chi connectivity index (χ4v) is 1.52. The van der Waals surface area contributed by atoms with Crippen LogP contribution in [0.5, 0.6) is 0 Å². The minimum Gasteiger partial charge on any atom is -0.355 e. The Labute approximate surface area is 97.6 Å². The number of amides is 1. The van der Waals surface area contributed by atoms with Gasteiger partial charge >= 0.3 is 0 Å². The second-order valence-corrected chi connectivity index (χ2v) is 4.09. The summed E-state index contributed by atoms with van der Waals surface area (Å²) in [6, 6.07) is 2.01. The van der Waals surface area contributed by atoms with Gasteiger partial charge in [-0.2, -0.15) is 0 Å². The van der Waals surface area contributed by atoms with Gasteiger partial charge in [-0.3, -0.25) is 9.78 Å². The summed E-state index contributed by atoms with van der Waals surface area (Å²) in [5.74, 6) is 0.000854. The minimum absolute atomic E-state index is 0.000854. The quantitative estimate of drug-likeness (QED) is 0.788. The van der Waals surface area contributed by atoms with E-state index >= 15 is 0 Å². The van der Waals surface area contributed by atoms with Crippen LogP contribution in [0.1, 0.15) is 12.5 Å². The van der Waals surface area contributed by atoms with Gasteiger partial charge in [0.05, 0.1) is 0 Å². The maximum atomic E-state index is 10.6. The first-order chi connectivity index (χ1) is 7.18. The van der Waals surface area contributed by atoms with Crippen LogP contribution in [0.4, 0.5) is 0 Å². The smallest absolute Gasteiger partial charge is 0.216 e. The molecule has 0 atom stereocenters. The van der Waals surface area contributed by atoms with Gasteiger partial charge in [-0.15, -0.1) is 0 Å². The standard InChI is InChI=1S/C10H14BrN3O/c1-8(15)14-3-2-12-5-9-4-10(11)7-13-6-9/h4,6-7,12H,2-3,5H2,1H3,(H,14,15). The molecule has 0 spiro atoms. The van der Waals surface area contributed by atoms with Gasteiger partial charge in [0.2, 0.25) is 5.91 Å². The summed E-state index contributed by atoms with van der Waals surface area (Å²) in [6.45, 7) is 3.67. The average molecular weight is 272 g/mol. The fraction of sp³-hybridized carbons (Fsp3) is 0.400. The summed E-state index contributed by atoms with van der Waals surface area (Å²) < 4.78 is 0.976. The molecule has 1 aromatic rings. The number of hydrogen-bond donors (Lipinski definition) is 2. The Kier molecular flexibility index (Phi) is 5.28. The fourth-order valence-electron chi connectivity index (χ4n) is 1.11. The van der Waals surface area contributed by atoms with Crippen LogP contribution in [-0.4, -0.2) is 24.0 Å². The Balaban J connectivity index is 2.17. The topological polar surface area (TPSA) is 54.0 Å². The maximum Gasteiger partial charge on any atom is 0.216 e. The van der Waals surface area contributed by atoms with Crippen LogP contribution in [-0.2, 0) is 11.3 Å². The molecule has 0 aliphatic heterocycles. The SMILES string of the molecule is CC(=O)NCCNCc1cncc(Br)c1. The Hall–Kier alpha value is -0.940. The van der Waals surface area contributed by atoms with Crippen LogP contribution in [0, 0.1) is 0 Å². The first-order valence-electron chi connectivity index (χ1n) is 4.73. The highest BCUT2D eigenvalue weighted by Crippen LogP contribution is 2.08. The second kappa shape index (κ2) is 6.53. The van der Waals surface area contributed by atoms with Crippen LogP contribution in [0.25, 0.3) is 0 Å². The van der Waals surface area contributed by atoms with Gasteiger partial charge in [0.15, 0.2) is 0 Å². The molecule has 0 bridgehead atoms. The Morgan fingerprint density at radius 3 is 2.93 bits per heavy atom. The van der Waals surface area contributed by atoms with Gasteiger partial charge in [-0.25, -0.2) is 0 Å². The second-order valence-electron chi connectivity index (χ2n) is 3.17. The third-order valence-corrected chi connectivity index (χ3v) is 2.20. The number of carbonyl (C=O) groups excluding carboxylic acids is 1. The molecule has 0 saturated heterocycles. The number of halogens is 1. The molecule has 82 valence electrons. The third-order valence-electron chi connectivity index (χ3n) is 1.77. The zero-order chi connectivity index (χ0) is 11.1. The number of nitrogens with zero attached hydrogens (tertiary/aromatic N) is 1. The number of pyridine rings is 1. The van der Waals surface area contributed by atoms with Crippen LogP contribution >= 0.6 is 15.9 Å². The van der Waals surface area contributed by atoms with Gasteiger partial charge in [-0.1, -0.05) is 0 Å². The molecule has 1 amide bonds. The van der Waals surface area contributed by atoms with E-state index in [1.54, 1.807) is 6.20 Å². The Bertz CT molecular complexity index is 330. The lowest BCUT2D eigenvalue weighted by Gasteiger charge is -2.05. The molecule has 0 radical (unpaired) electrons. The summed E-state index contributed by atoms with van der Waals surface area (Å²) in [5, 5.41) is 5.93. The summed E-state index contributed by atoms with van der Waals surface area (Å²) >= 11 is 3.36. The van der Waals surface area contributed by atoms with E-state index in [9.17, 15) is 4.79 Å². The summed E-state index contributed by atoms with van der Waals surface area (Å²) in [7, 11) is 0. The summed E-state index contributed by atoms with van der Waals surface area (Å²) in [6.07, 6.45) is 3.57. The highest BCUT2D eigenvalue weighted by atomic mass is 79.9. The van der Waals surface area contributed by atoms with Crippen molar-refractivity contribution < 1.29 is 4.79 Å². The van der Waals surface area contributed by atoms with E-state index in [2.05, 4.69) is 31.5 Å². The number of hydrogen-bond acceptors (Lipinski definition) is 3. The van der Waals surface area contributed by atoms with Gasteiger partial charge in [0.1, 0.15) is 0 Å². The van der Waals surface area contributed by atoms with Crippen LogP contribution < -0.4 is 10.6 Å². The molecule has 0 aliphatic carbocycles. The summed E-state index contributed by atoms with van der Waals surface area (Å²) in [5.41, 5.74) is 1.12. The van der Waals surface area contributed by atoms with Crippen molar-refractivity contribution in [3.8, 4) is 0 Å². The van der Waals surface area contributed by atoms with Crippen molar-refractivity contribution in [2.75, 3.05) is 13.1 Å². The highest BCUT2D eigenvalue weighted by molar-refractivity contribution is 9.10. The lowest BCUT2D eigenvalue weighted by molar-refractivity contribution is -0.118.